The molecule has 2 N–H and O–H groups in total. The van der Waals surface area contributed by atoms with Gasteiger partial charge in [-0.3, -0.25) is 9.59 Å². The molecule has 0 aliphatic rings. The van der Waals surface area contributed by atoms with Crippen LogP contribution in [0.1, 0.15) is 31.8 Å². The second kappa shape index (κ2) is 9.85. The van der Waals surface area contributed by atoms with E-state index in [-0.39, 0.29) is 28.6 Å². The van der Waals surface area contributed by atoms with Crippen molar-refractivity contribution in [3.05, 3.63) is 131 Å². The minimum Gasteiger partial charge on any atom is -0.508 e. The topological polar surface area (TPSA) is 74.6 Å². The van der Waals surface area contributed by atoms with Gasteiger partial charge in [-0.1, -0.05) is 91.0 Å². The third-order valence-electron chi connectivity index (χ3n) is 4.33. The lowest BCUT2D eigenvalue weighted by Gasteiger charge is -2.04. The van der Waals surface area contributed by atoms with Gasteiger partial charge in [0, 0.05) is 22.8 Å². The molecule has 0 aromatic heterocycles. The molecule has 0 heterocycles. The van der Waals surface area contributed by atoms with Crippen LogP contribution in [-0.2, 0) is 0 Å². The zero-order chi connectivity index (χ0) is 21.3. The van der Waals surface area contributed by atoms with E-state index in [0.29, 0.717) is 5.56 Å². The quantitative estimate of drug-likeness (QED) is 0.462. The number of hydrogen-bond donors (Lipinski definition) is 2. The van der Waals surface area contributed by atoms with Gasteiger partial charge in [-0.2, -0.15) is 0 Å². The molecule has 4 aromatic rings. The summed E-state index contributed by atoms with van der Waals surface area (Å²) < 4.78 is 0. The number of carbonyl (C=O) groups is 2. The van der Waals surface area contributed by atoms with Gasteiger partial charge in [0.25, 0.3) is 0 Å². The van der Waals surface area contributed by atoms with Gasteiger partial charge in [0.2, 0.25) is 0 Å². The zero-order valence-corrected chi connectivity index (χ0v) is 16.1. The highest BCUT2D eigenvalue weighted by atomic mass is 16.3. The summed E-state index contributed by atoms with van der Waals surface area (Å²) in [5, 5.41) is 18.7. The standard InChI is InChI=1S/C13H10O3.C13H10O/c14-10-6-7-11(12(15)8-10)13(16)9-4-2-1-3-5-9;14-13(11-7-3-1-4-8-11)12-9-5-2-6-10-12/h1-8,14-15H;1-10H. The third-order valence-corrected chi connectivity index (χ3v) is 4.33. The first kappa shape index (κ1) is 20.6. The Kier molecular flexibility index (Phi) is 6.74. The molecule has 0 fully saturated rings. The van der Waals surface area contributed by atoms with Gasteiger partial charge in [-0.25, -0.2) is 0 Å². The van der Waals surface area contributed by atoms with Crippen molar-refractivity contribution >= 4 is 11.6 Å². The van der Waals surface area contributed by atoms with Gasteiger partial charge in [-0.15, -0.1) is 0 Å². The van der Waals surface area contributed by atoms with E-state index in [1.807, 2.05) is 66.7 Å². The maximum absolute atomic E-state index is 11.9. The Balaban J connectivity index is 0.000000172. The van der Waals surface area contributed by atoms with E-state index in [4.69, 9.17) is 5.11 Å². The minimum absolute atomic E-state index is 0.0675. The van der Waals surface area contributed by atoms with E-state index < -0.39 is 0 Å². The Morgan fingerprint density at radius 3 is 1.30 bits per heavy atom. The molecule has 0 radical (unpaired) electrons. The van der Waals surface area contributed by atoms with Crippen LogP contribution >= 0.6 is 0 Å². The van der Waals surface area contributed by atoms with Crippen molar-refractivity contribution in [1.82, 2.24) is 0 Å². The van der Waals surface area contributed by atoms with Crippen molar-refractivity contribution in [2.24, 2.45) is 0 Å². The third kappa shape index (κ3) is 5.20. The number of phenols is 2. The Morgan fingerprint density at radius 1 is 0.500 bits per heavy atom. The Bertz CT molecular complexity index is 1080. The maximum atomic E-state index is 11.9. The molecule has 0 atom stereocenters. The summed E-state index contributed by atoms with van der Waals surface area (Å²) in [7, 11) is 0. The summed E-state index contributed by atoms with van der Waals surface area (Å²) in [6.45, 7) is 0. The van der Waals surface area contributed by atoms with E-state index >= 15 is 0 Å². The van der Waals surface area contributed by atoms with Crippen LogP contribution in [0.25, 0.3) is 0 Å². The lowest BCUT2D eigenvalue weighted by Crippen LogP contribution is -2.00. The fourth-order valence-electron chi connectivity index (χ4n) is 2.80. The van der Waals surface area contributed by atoms with Crippen LogP contribution in [0, 0.1) is 0 Å². The molecular formula is C26H20O4. The number of carbonyl (C=O) groups excluding carboxylic acids is 2. The second-order valence-electron chi connectivity index (χ2n) is 6.46. The molecule has 0 saturated carbocycles. The first-order valence-electron chi connectivity index (χ1n) is 9.33. The molecule has 0 saturated heterocycles. The van der Waals surface area contributed by atoms with E-state index in [1.165, 1.54) is 12.1 Å². The molecular weight excluding hydrogens is 376 g/mol. The smallest absolute Gasteiger partial charge is 0.196 e. The molecule has 4 aromatic carbocycles. The molecule has 148 valence electrons. The maximum Gasteiger partial charge on any atom is 0.196 e. The number of hydrogen-bond acceptors (Lipinski definition) is 4. The summed E-state index contributed by atoms with van der Waals surface area (Å²) in [5.74, 6) is -0.472. The lowest BCUT2D eigenvalue weighted by atomic mass is 10.0. The molecule has 0 spiro atoms. The van der Waals surface area contributed by atoms with E-state index in [9.17, 15) is 14.7 Å². The molecule has 0 aliphatic heterocycles. The van der Waals surface area contributed by atoms with Gasteiger partial charge in [0.15, 0.2) is 11.6 Å². The van der Waals surface area contributed by atoms with Crippen molar-refractivity contribution in [3.63, 3.8) is 0 Å². The first-order valence-corrected chi connectivity index (χ1v) is 9.33. The zero-order valence-electron chi connectivity index (χ0n) is 16.1. The molecule has 0 aliphatic carbocycles. The highest BCUT2D eigenvalue weighted by molar-refractivity contribution is 6.10. The highest BCUT2D eigenvalue weighted by Crippen LogP contribution is 2.24. The summed E-state index contributed by atoms with van der Waals surface area (Å²) in [6.07, 6.45) is 0. The largest absolute Gasteiger partial charge is 0.508 e. The van der Waals surface area contributed by atoms with Crippen LogP contribution in [0.5, 0.6) is 11.5 Å². The predicted octanol–water partition coefficient (Wildman–Crippen LogP) is 5.25. The first-order chi connectivity index (χ1) is 14.6. The Hall–Kier alpha value is -4.18. The number of phenolic OH excluding ortho intramolecular Hbond substituents is 2. The number of aromatic hydroxyl groups is 2. The highest BCUT2D eigenvalue weighted by Gasteiger charge is 2.13. The molecule has 4 rings (SSSR count). The Labute approximate surface area is 174 Å². The fraction of sp³-hybridized carbons (Fsp3) is 0. The lowest BCUT2D eigenvalue weighted by molar-refractivity contribution is 0.102. The fourth-order valence-corrected chi connectivity index (χ4v) is 2.80. The molecule has 30 heavy (non-hydrogen) atoms. The summed E-state index contributed by atoms with van der Waals surface area (Å²) in [4.78, 5) is 23.8. The van der Waals surface area contributed by atoms with Crippen molar-refractivity contribution in [2.75, 3.05) is 0 Å². The number of benzene rings is 4. The molecule has 0 bridgehead atoms. The monoisotopic (exact) mass is 396 g/mol. The van der Waals surface area contributed by atoms with Gasteiger partial charge >= 0.3 is 0 Å². The average Bonchev–Trinajstić information content (AvgIpc) is 2.80. The van der Waals surface area contributed by atoms with E-state index in [2.05, 4.69) is 0 Å². The second-order valence-corrected chi connectivity index (χ2v) is 6.46. The number of ketones is 2. The normalized spacial score (nSPS) is 9.87. The molecule has 4 heteroatoms. The molecule has 0 amide bonds. The van der Waals surface area contributed by atoms with Crippen molar-refractivity contribution in [1.29, 1.82) is 0 Å². The SMILES string of the molecule is O=C(c1ccccc1)c1ccc(O)cc1O.O=C(c1ccccc1)c1ccccc1. The minimum atomic E-state index is -0.266. The summed E-state index contributed by atoms with van der Waals surface area (Å²) in [6, 6.07) is 31.2. The van der Waals surface area contributed by atoms with Gasteiger partial charge in [0.1, 0.15) is 11.5 Å². The van der Waals surface area contributed by atoms with Crippen molar-refractivity contribution in [2.45, 2.75) is 0 Å². The van der Waals surface area contributed by atoms with Crippen LogP contribution in [0.3, 0.4) is 0 Å². The molecule has 4 nitrogen and oxygen atoms in total. The van der Waals surface area contributed by atoms with Gasteiger partial charge in [-0.05, 0) is 12.1 Å². The predicted molar refractivity (Wildman–Crippen MR) is 116 cm³/mol. The van der Waals surface area contributed by atoms with Crippen molar-refractivity contribution < 1.29 is 19.8 Å². The van der Waals surface area contributed by atoms with E-state index in [1.54, 1.807) is 24.3 Å². The average molecular weight is 396 g/mol. The van der Waals surface area contributed by atoms with Crippen LogP contribution in [0.4, 0.5) is 0 Å². The summed E-state index contributed by atoms with van der Waals surface area (Å²) in [5.41, 5.74) is 2.16. The summed E-state index contributed by atoms with van der Waals surface area (Å²) >= 11 is 0. The van der Waals surface area contributed by atoms with Crippen LogP contribution < -0.4 is 0 Å². The Morgan fingerprint density at radius 2 is 0.900 bits per heavy atom. The van der Waals surface area contributed by atoms with Crippen molar-refractivity contribution in [3.8, 4) is 11.5 Å². The number of rotatable bonds is 4. The van der Waals surface area contributed by atoms with Crippen LogP contribution in [0.15, 0.2) is 109 Å². The van der Waals surface area contributed by atoms with Gasteiger partial charge in [0.05, 0.1) is 5.56 Å². The van der Waals surface area contributed by atoms with Gasteiger partial charge < -0.3 is 10.2 Å². The molecule has 0 unspecified atom stereocenters. The van der Waals surface area contributed by atoms with Crippen LogP contribution in [0.2, 0.25) is 0 Å². The van der Waals surface area contributed by atoms with E-state index in [0.717, 1.165) is 17.2 Å². The van der Waals surface area contributed by atoms with Crippen LogP contribution in [-0.4, -0.2) is 21.8 Å².